The third kappa shape index (κ3) is 3.90. The third-order valence-corrected chi connectivity index (χ3v) is 9.39. The quantitative estimate of drug-likeness (QED) is 0.419. The van der Waals surface area contributed by atoms with E-state index < -0.39 is 22.0 Å². The van der Waals surface area contributed by atoms with E-state index in [1.54, 1.807) is 11.4 Å². The van der Waals surface area contributed by atoms with Crippen molar-refractivity contribution in [2.45, 2.75) is 23.1 Å². The highest BCUT2D eigenvalue weighted by Crippen LogP contribution is 2.34. The molecule has 160 valence electrons. The van der Waals surface area contributed by atoms with Crippen molar-refractivity contribution in [3.05, 3.63) is 52.2 Å². The molecule has 1 aliphatic rings. The Morgan fingerprint density at radius 3 is 2.87 bits per heavy atom. The number of fused-ring (bicyclic) bond motifs is 1. The van der Waals surface area contributed by atoms with Gasteiger partial charge < -0.3 is 9.73 Å². The highest BCUT2D eigenvalue weighted by atomic mass is 35.5. The van der Waals surface area contributed by atoms with Crippen LogP contribution in [0.5, 0.6) is 0 Å². The second-order valence-electron chi connectivity index (χ2n) is 7.01. The van der Waals surface area contributed by atoms with Crippen molar-refractivity contribution < 1.29 is 17.6 Å². The monoisotopic (exact) mass is 493 g/mol. The van der Waals surface area contributed by atoms with E-state index in [-0.39, 0.29) is 10.8 Å². The number of thiazole rings is 1. The fourth-order valence-corrected chi connectivity index (χ4v) is 7.55. The van der Waals surface area contributed by atoms with Gasteiger partial charge in [-0.2, -0.15) is 4.31 Å². The number of nitrogens with zero attached hydrogens (tertiary/aromatic N) is 2. The van der Waals surface area contributed by atoms with E-state index in [2.05, 4.69) is 10.3 Å². The molecule has 11 heteroatoms. The summed E-state index contributed by atoms with van der Waals surface area (Å²) in [5.41, 5.74) is 1.37. The smallest absolute Gasteiger partial charge is 0.253 e. The number of furan rings is 1. The summed E-state index contributed by atoms with van der Waals surface area (Å²) >= 11 is 8.15. The van der Waals surface area contributed by atoms with Gasteiger partial charge in [-0.1, -0.05) is 29.8 Å². The topological polar surface area (TPSA) is 92.5 Å². The van der Waals surface area contributed by atoms with E-state index >= 15 is 0 Å². The highest BCUT2D eigenvalue weighted by Gasteiger charge is 2.40. The van der Waals surface area contributed by atoms with E-state index in [4.69, 9.17) is 16.0 Å². The Balaban J connectivity index is 1.34. The van der Waals surface area contributed by atoms with Gasteiger partial charge in [0.25, 0.3) is 10.0 Å². The first kappa shape index (κ1) is 20.7. The number of thiophene rings is 1. The van der Waals surface area contributed by atoms with Gasteiger partial charge in [0, 0.05) is 17.3 Å². The molecule has 31 heavy (non-hydrogen) atoms. The Morgan fingerprint density at radius 2 is 2.10 bits per heavy atom. The number of halogens is 1. The van der Waals surface area contributed by atoms with Gasteiger partial charge in [-0.25, -0.2) is 13.4 Å². The number of rotatable bonds is 5. The zero-order valence-corrected chi connectivity index (χ0v) is 19.2. The Kier molecular flexibility index (Phi) is 5.35. The van der Waals surface area contributed by atoms with Crippen molar-refractivity contribution in [3.8, 4) is 11.5 Å². The Hall–Kier alpha value is -2.24. The van der Waals surface area contributed by atoms with Crippen molar-refractivity contribution in [2.75, 3.05) is 11.9 Å². The lowest BCUT2D eigenvalue weighted by Crippen LogP contribution is -2.42. The molecule has 7 nitrogen and oxygen atoms in total. The van der Waals surface area contributed by atoms with Gasteiger partial charge in [-0.3, -0.25) is 4.79 Å². The van der Waals surface area contributed by atoms with Crippen molar-refractivity contribution in [1.29, 1.82) is 0 Å². The number of hydrogen-bond donors (Lipinski definition) is 1. The number of para-hydroxylation sites is 1. The van der Waals surface area contributed by atoms with Gasteiger partial charge in [0.15, 0.2) is 10.9 Å². The summed E-state index contributed by atoms with van der Waals surface area (Å²) in [4.78, 5) is 17.3. The molecule has 1 atom stereocenters. The predicted octanol–water partition coefficient (Wildman–Crippen LogP) is 5.06. The van der Waals surface area contributed by atoms with Crippen LogP contribution in [0.3, 0.4) is 0 Å². The lowest BCUT2D eigenvalue weighted by Gasteiger charge is -2.22. The van der Waals surface area contributed by atoms with Crippen molar-refractivity contribution in [3.63, 3.8) is 0 Å². The minimum atomic E-state index is -3.78. The first-order chi connectivity index (χ1) is 14.9. The predicted molar refractivity (Wildman–Crippen MR) is 122 cm³/mol. The van der Waals surface area contributed by atoms with E-state index in [1.165, 1.54) is 21.7 Å². The number of benzene rings is 1. The van der Waals surface area contributed by atoms with E-state index in [0.29, 0.717) is 33.8 Å². The van der Waals surface area contributed by atoms with Crippen LogP contribution in [0.4, 0.5) is 5.13 Å². The molecule has 1 fully saturated rings. The average molecular weight is 494 g/mol. The summed E-state index contributed by atoms with van der Waals surface area (Å²) in [5, 5.41) is 5.92. The Bertz CT molecular complexity index is 1340. The van der Waals surface area contributed by atoms with Gasteiger partial charge >= 0.3 is 0 Å². The lowest BCUT2D eigenvalue weighted by molar-refractivity contribution is -0.119. The molecule has 0 radical (unpaired) electrons. The SMILES string of the molecule is O=C(Nc1nc(-c2cc3ccccc3o2)cs1)C1CCCN1S(=O)(=O)c1ccc(Cl)s1. The molecular formula is C20H16ClN3O4S3. The molecule has 1 saturated heterocycles. The second kappa shape index (κ2) is 8.03. The fraction of sp³-hybridized carbons (Fsp3) is 0.200. The summed E-state index contributed by atoms with van der Waals surface area (Å²) in [6.45, 7) is 0.290. The maximum Gasteiger partial charge on any atom is 0.253 e. The largest absolute Gasteiger partial charge is 0.454 e. The van der Waals surface area contributed by atoms with Crippen LogP contribution in [0.15, 0.2) is 56.5 Å². The number of carbonyl (C=O) groups excluding carboxylic acids is 1. The van der Waals surface area contributed by atoms with Gasteiger partial charge in [0.05, 0.1) is 4.34 Å². The zero-order valence-electron chi connectivity index (χ0n) is 15.9. The molecule has 4 aromatic rings. The number of anilines is 1. The number of aromatic nitrogens is 1. The summed E-state index contributed by atoms with van der Waals surface area (Å²) in [5.74, 6) is 0.215. The van der Waals surface area contributed by atoms with Crippen LogP contribution < -0.4 is 5.32 Å². The van der Waals surface area contributed by atoms with Crippen LogP contribution >= 0.6 is 34.3 Å². The van der Waals surface area contributed by atoms with E-state index in [0.717, 1.165) is 22.3 Å². The van der Waals surface area contributed by atoms with Crippen LogP contribution in [0, 0.1) is 0 Å². The van der Waals surface area contributed by atoms with Crippen molar-refractivity contribution in [1.82, 2.24) is 9.29 Å². The normalized spacial score (nSPS) is 17.4. The molecule has 5 rings (SSSR count). The minimum absolute atomic E-state index is 0.138. The molecule has 0 aliphatic carbocycles. The third-order valence-electron chi connectivity index (χ3n) is 5.03. The molecular weight excluding hydrogens is 478 g/mol. The molecule has 0 bridgehead atoms. The molecule has 3 aromatic heterocycles. The van der Waals surface area contributed by atoms with Gasteiger partial charge in [0.2, 0.25) is 5.91 Å². The second-order valence-corrected chi connectivity index (χ2v) is 11.7. The van der Waals surface area contributed by atoms with Crippen LogP contribution in [-0.4, -0.2) is 36.2 Å². The first-order valence-corrected chi connectivity index (χ1v) is 13.0. The number of amides is 1. The lowest BCUT2D eigenvalue weighted by atomic mass is 10.2. The minimum Gasteiger partial charge on any atom is -0.454 e. The van der Waals surface area contributed by atoms with Gasteiger partial charge in [-0.05, 0) is 37.1 Å². The number of nitrogens with one attached hydrogen (secondary N) is 1. The summed E-state index contributed by atoms with van der Waals surface area (Å²) < 4.78 is 33.5. The van der Waals surface area contributed by atoms with Gasteiger partial charge in [0.1, 0.15) is 21.5 Å². The fourth-order valence-electron chi connectivity index (χ4n) is 3.58. The number of hydrogen-bond acceptors (Lipinski definition) is 7. The Labute approximate surface area is 191 Å². The van der Waals surface area contributed by atoms with Crippen LogP contribution in [0.25, 0.3) is 22.4 Å². The summed E-state index contributed by atoms with van der Waals surface area (Å²) in [7, 11) is -3.78. The molecule has 0 saturated carbocycles. The molecule has 0 spiro atoms. The van der Waals surface area contributed by atoms with E-state index in [9.17, 15) is 13.2 Å². The number of carbonyl (C=O) groups is 1. The molecule has 1 aliphatic heterocycles. The van der Waals surface area contributed by atoms with Crippen molar-refractivity contribution >= 4 is 66.3 Å². The van der Waals surface area contributed by atoms with E-state index in [1.807, 2.05) is 30.3 Å². The Morgan fingerprint density at radius 1 is 1.26 bits per heavy atom. The molecule has 1 N–H and O–H groups in total. The van der Waals surface area contributed by atoms with Crippen LogP contribution in [0.2, 0.25) is 4.34 Å². The number of sulfonamides is 1. The summed E-state index contributed by atoms with van der Waals surface area (Å²) in [6, 6.07) is 11.8. The average Bonchev–Trinajstić information content (AvgIpc) is 3.52. The van der Waals surface area contributed by atoms with Crippen molar-refractivity contribution in [2.24, 2.45) is 0 Å². The molecule has 1 aromatic carbocycles. The maximum atomic E-state index is 13.0. The molecule has 4 heterocycles. The first-order valence-electron chi connectivity index (χ1n) is 9.44. The molecule has 1 unspecified atom stereocenters. The standard InChI is InChI=1S/C20H16ClN3O4S3/c21-17-7-8-18(30-17)31(26,27)24-9-3-5-14(24)19(25)23-20-22-13(11-29-20)16-10-12-4-1-2-6-15(12)28-16/h1-2,4,6-8,10-11,14H,3,5,9H2,(H,22,23,25). The van der Waals surface area contributed by atoms with Crippen LogP contribution in [-0.2, 0) is 14.8 Å². The molecule has 1 amide bonds. The maximum absolute atomic E-state index is 13.0. The van der Waals surface area contributed by atoms with Gasteiger partial charge in [-0.15, -0.1) is 22.7 Å². The van der Waals surface area contributed by atoms with Crippen LogP contribution in [0.1, 0.15) is 12.8 Å². The summed E-state index contributed by atoms with van der Waals surface area (Å²) in [6.07, 6.45) is 1.06. The zero-order chi connectivity index (χ0) is 21.6. The highest BCUT2D eigenvalue weighted by molar-refractivity contribution is 7.91.